The van der Waals surface area contributed by atoms with Crippen LogP contribution in [0.3, 0.4) is 0 Å². The summed E-state index contributed by atoms with van der Waals surface area (Å²) < 4.78 is 66.9. The third kappa shape index (κ3) is 4.06. The predicted molar refractivity (Wildman–Crippen MR) is 107 cm³/mol. The van der Waals surface area contributed by atoms with Crippen LogP contribution in [0.5, 0.6) is 0 Å². The molecule has 11 heteroatoms. The van der Waals surface area contributed by atoms with Crippen LogP contribution in [0.2, 0.25) is 0 Å². The minimum absolute atomic E-state index is 0.00861. The lowest BCUT2D eigenvalue weighted by molar-refractivity contribution is -0.141. The second-order valence-electron chi connectivity index (χ2n) is 7.30. The average molecular weight is 447 g/mol. The van der Waals surface area contributed by atoms with Crippen molar-refractivity contribution in [2.75, 3.05) is 14.1 Å². The predicted octanol–water partition coefficient (Wildman–Crippen LogP) is 4.92. The van der Waals surface area contributed by atoms with Crippen molar-refractivity contribution in [3.05, 3.63) is 78.4 Å². The Labute approximate surface area is 179 Å². The van der Waals surface area contributed by atoms with Gasteiger partial charge >= 0.3 is 6.18 Å². The standard InChI is InChI=1S/C21H16F5N6/c1-32(2,18-7-3-5-14(27-18)13-9-10-16(22)28-20(13)23)19-8-4-6-17(29-19)31-12-11-15(30-31)21(24,25)26/h3-12H,1-2H3/q+1. The van der Waals surface area contributed by atoms with E-state index in [2.05, 4.69) is 20.1 Å². The van der Waals surface area contributed by atoms with E-state index in [1.165, 1.54) is 18.3 Å². The Hall–Kier alpha value is -3.73. The van der Waals surface area contributed by atoms with Crippen molar-refractivity contribution >= 4 is 11.6 Å². The van der Waals surface area contributed by atoms with E-state index >= 15 is 0 Å². The molecule has 32 heavy (non-hydrogen) atoms. The Morgan fingerprint density at radius 3 is 2.16 bits per heavy atom. The fraction of sp³-hybridized carbons (Fsp3) is 0.143. The summed E-state index contributed by atoms with van der Waals surface area (Å²) in [6, 6.07) is 12.9. The van der Waals surface area contributed by atoms with Gasteiger partial charge in [0.15, 0.2) is 11.5 Å². The van der Waals surface area contributed by atoms with Gasteiger partial charge in [0.1, 0.15) is 0 Å². The molecule has 0 amide bonds. The maximum absolute atomic E-state index is 14.1. The normalized spacial score (nSPS) is 12.2. The first kappa shape index (κ1) is 21.5. The lowest BCUT2D eigenvalue weighted by Crippen LogP contribution is -2.36. The van der Waals surface area contributed by atoms with Crippen molar-refractivity contribution in [1.29, 1.82) is 0 Å². The molecule has 4 aromatic heterocycles. The van der Waals surface area contributed by atoms with Crippen molar-refractivity contribution in [1.82, 2.24) is 29.2 Å². The van der Waals surface area contributed by atoms with E-state index in [1.54, 1.807) is 44.4 Å². The third-order valence-electron chi connectivity index (χ3n) is 4.80. The summed E-state index contributed by atoms with van der Waals surface area (Å²) in [5.74, 6) is -0.818. The van der Waals surface area contributed by atoms with Gasteiger partial charge in [-0.25, -0.2) is 9.16 Å². The van der Waals surface area contributed by atoms with Crippen LogP contribution in [0.4, 0.5) is 33.6 Å². The van der Waals surface area contributed by atoms with Gasteiger partial charge in [-0.3, -0.25) is 0 Å². The van der Waals surface area contributed by atoms with E-state index in [9.17, 15) is 22.0 Å². The number of aromatic nitrogens is 5. The summed E-state index contributed by atoms with van der Waals surface area (Å²) in [4.78, 5) is 12.1. The highest BCUT2D eigenvalue weighted by Crippen LogP contribution is 2.31. The molecule has 0 aliphatic carbocycles. The van der Waals surface area contributed by atoms with E-state index in [0.29, 0.717) is 11.6 Å². The molecule has 0 aliphatic rings. The van der Waals surface area contributed by atoms with Crippen molar-refractivity contribution in [2.45, 2.75) is 6.18 Å². The van der Waals surface area contributed by atoms with Gasteiger partial charge in [-0.1, -0.05) is 12.1 Å². The van der Waals surface area contributed by atoms with E-state index in [-0.39, 0.29) is 21.6 Å². The Balaban J connectivity index is 1.71. The molecule has 0 aliphatic heterocycles. The van der Waals surface area contributed by atoms with E-state index < -0.39 is 23.8 Å². The first-order valence-corrected chi connectivity index (χ1v) is 9.30. The molecule has 0 fully saturated rings. The monoisotopic (exact) mass is 447 g/mol. The number of nitrogens with zero attached hydrogens (tertiary/aromatic N) is 6. The average Bonchev–Trinajstić information content (AvgIpc) is 3.25. The number of hydrogen-bond donors (Lipinski definition) is 0. The van der Waals surface area contributed by atoms with Crippen LogP contribution in [0.15, 0.2) is 60.8 Å². The largest absolute Gasteiger partial charge is 0.435 e. The van der Waals surface area contributed by atoms with Crippen LogP contribution in [0.25, 0.3) is 17.1 Å². The Bertz CT molecular complexity index is 1280. The van der Waals surface area contributed by atoms with Gasteiger partial charge in [-0.15, -0.1) is 0 Å². The molecule has 0 bridgehead atoms. The Morgan fingerprint density at radius 2 is 1.50 bits per heavy atom. The molecule has 4 rings (SSSR count). The van der Waals surface area contributed by atoms with Crippen LogP contribution < -0.4 is 4.48 Å². The third-order valence-corrected chi connectivity index (χ3v) is 4.80. The number of alkyl halides is 3. The molecule has 4 aromatic rings. The van der Waals surface area contributed by atoms with Crippen molar-refractivity contribution in [2.24, 2.45) is 0 Å². The molecule has 6 nitrogen and oxygen atoms in total. The molecule has 0 radical (unpaired) electrons. The summed E-state index contributed by atoms with van der Waals surface area (Å²) in [5.41, 5.74) is -0.745. The second-order valence-corrected chi connectivity index (χ2v) is 7.30. The lowest BCUT2D eigenvalue weighted by Gasteiger charge is -2.26. The summed E-state index contributed by atoms with van der Waals surface area (Å²) in [5, 5.41) is 3.55. The summed E-state index contributed by atoms with van der Waals surface area (Å²) in [6.45, 7) is 0. The van der Waals surface area contributed by atoms with Crippen LogP contribution in [0, 0.1) is 11.9 Å². The van der Waals surface area contributed by atoms with Crippen LogP contribution in [-0.2, 0) is 6.18 Å². The lowest BCUT2D eigenvalue weighted by atomic mass is 10.2. The number of pyridine rings is 3. The fourth-order valence-corrected chi connectivity index (χ4v) is 3.06. The molecule has 0 N–H and O–H groups in total. The topological polar surface area (TPSA) is 56.5 Å². The minimum Gasteiger partial charge on any atom is -0.231 e. The second kappa shape index (κ2) is 7.75. The molecule has 164 valence electrons. The molecule has 0 unspecified atom stereocenters. The summed E-state index contributed by atoms with van der Waals surface area (Å²) in [6.07, 6.45) is -3.38. The molecule has 0 saturated carbocycles. The zero-order valence-corrected chi connectivity index (χ0v) is 16.8. The van der Waals surface area contributed by atoms with E-state index in [4.69, 9.17) is 0 Å². The fourth-order valence-electron chi connectivity index (χ4n) is 3.06. The Kier molecular flexibility index (Phi) is 5.21. The zero-order chi connectivity index (χ0) is 23.1. The van der Waals surface area contributed by atoms with Gasteiger partial charge in [0, 0.05) is 18.3 Å². The molecule has 0 saturated heterocycles. The number of halogens is 5. The first-order valence-electron chi connectivity index (χ1n) is 9.30. The smallest absolute Gasteiger partial charge is 0.231 e. The number of quaternary nitrogens is 1. The molecular weight excluding hydrogens is 431 g/mol. The van der Waals surface area contributed by atoms with Gasteiger partial charge < -0.3 is 0 Å². The minimum atomic E-state index is -4.56. The van der Waals surface area contributed by atoms with Crippen molar-refractivity contribution < 1.29 is 22.0 Å². The van der Waals surface area contributed by atoms with Gasteiger partial charge in [-0.2, -0.15) is 42.0 Å². The number of rotatable bonds is 4. The Morgan fingerprint density at radius 1 is 0.812 bits per heavy atom. The summed E-state index contributed by atoms with van der Waals surface area (Å²) in [7, 11) is 3.53. The summed E-state index contributed by atoms with van der Waals surface area (Å²) >= 11 is 0. The SMILES string of the molecule is C[N+](C)(c1cccc(-c2ccc(F)nc2F)n1)c1cccc(-n2ccc(C(F)(F)F)n2)n1. The van der Waals surface area contributed by atoms with Gasteiger partial charge in [0.25, 0.3) is 0 Å². The molecule has 0 aromatic carbocycles. The highest BCUT2D eigenvalue weighted by atomic mass is 19.4. The zero-order valence-electron chi connectivity index (χ0n) is 16.8. The number of hydrogen-bond acceptors (Lipinski definition) is 4. The van der Waals surface area contributed by atoms with E-state index in [1.807, 2.05) is 0 Å². The highest BCUT2D eigenvalue weighted by molar-refractivity contribution is 5.62. The van der Waals surface area contributed by atoms with Crippen LogP contribution >= 0.6 is 0 Å². The van der Waals surface area contributed by atoms with Gasteiger partial charge in [-0.05, 0) is 30.3 Å². The molecule has 4 heterocycles. The van der Waals surface area contributed by atoms with Gasteiger partial charge in [0.2, 0.25) is 23.5 Å². The van der Waals surface area contributed by atoms with Crippen LogP contribution in [0.1, 0.15) is 5.69 Å². The van der Waals surface area contributed by atoms with Crippen molar-refractivity contribution in [3.63, 3.8) is 0 Å². The molecule has 0 atom stereocenters. The van der Waals surface area contributed by atoms with E-state index in [0.717, 1.165) is 16.8 Å². The van der Waals surface area contributed by atoms with Crippen LogP contribution in [-0.4, -0.2) is 38.8 Å². The molecule has 0 spiro atoms. The first-order chi connectivity index (χ1) is 15.1. The van der Waals surface area contributed by atoms with Gasteiger partial charge in [0.05, 0.1) is 25.4 Å². The maximum atomic E-state index is 14.1. The highest BCUT2D eigenvalue weighted by Gasteiger charge is 2.34. The van der Waals surface area contributed by atoms with Crippen molar-refractivity contribution in [3.8, 4) is 17.1 Å². The molecular formula is C21H16F5N6+. The maximum Gasteiger partial charge on any atom is 0.435 e. The quantitative estimate of drug-likeness (QED) is 0.253.